The Balaban J connectivity index is 1.66. The van der Waals surface area contributed by atoms with Crippen molar-refractivity contribution in [3.05, 3.63) is 21.9 Å². The summed E-state index contributed by atoms with van der Waals surface area (Å²) in [6.07, 6.45) is 3.45. The van der Waals surface area contributed by atoms with Gasteiger partial charge in [0.1, 0.15) is 0 Å². The molecule has 2 aromatic rings. The zero-order valence-electron chi connectivity index (χ0n) is 10.5. The summed E-state index contributed by atoms with van der Waals surface area (Å²) in [7, 11) is 0. The van der Waals surface area contributed by atoms with E-state index in [4.69, 9.17) is 5.11 Å². The molecule has 0 saturated heterocycles. The molecule has 5 nitrogen and oxygen atoms in total. The molecule has 0 spiro atoms. The molecule has 1 atom stereocenters. The van der Waals surface area contributed by atoms with E-state index in [0.717, 1.165) is 11.6 Å². The normalized spacial score (nSPS) is 17.7. The molecule has 0 aliphatic heterocycles. The van der Waals surface area contributed by atoms with Crippen molar-refractivity contribution < 1.29 is 9.90 Å². The molecule has 8 heteroatoms. The Morgan fingerprint density at radius 1 is 1.55 bits per heavy atom. The molecule has 106 valence electrons. The van der Waals surface area contributed by atoms with Crippen molar-refractivity contribution in [3.8, 4) is 0 Å². The predicted octanol–water partition coefficient (Wildman–Crippen LogP) is 3.27. The Hall–Kier alpha value is -1.12. The maximum Gasteiger partial charge on any atom is 0.313 e. The van der Waals surface area contributed by atoms with Crippen molar-refractivity contribution in [1.82, 2.24) is 10.2 Å². The Morgan fingerprint density at radius 3 is 3.30 bits per heavy atom. The van der Waals surface area contributed by atoms with Crippen LogP contribution in [0.2, 0.25) is 0 Å². The number of nitrogens with one attached hydrogen (secondary N) is 1. The van der Waals surface area contributed by atoms with Crippen LogP contribution >= 0.6 is 34.4 Å². The minimum Gasteiger partial charge on any atom is -0.481 e. The number of thioether (sulfide) groups is 1. The highest BCUT2D eigenvalue weighted by molar-refractivity contribution is 8.01. The van der Waals surface area contributed by atoms with Crippen molar-refractivity contribution >= 4 is 45.5 Å². The summed E-state index contributed by atoms with van der Waals surface area (Å²) in [5.74, 6) is -0.817. The summed E-state index contributed by atoms with van der Waals surface area (Å²) in [6.45, 7) is 0. The molecule has 0 radical (unpaired) electrons. The van der Waals surface area contributed by atoms with Crippen LogP contribution in [0.15, 0.2) is 15.8 Å². The van der Waals surface area contributed by atoms with Gasteiger partial charge in [0.2, 0.25) is 5.13 Å². The van der Waals surface area contributed by atoms with Crippen molar-refractivity contribution in [2.75, 3.05) is 11.1 Å². The maximum atomic E-state index is 10.5. The van der Waals surface area contributed by atoms with E-state index in [1.165, 1.54) is 46.4 Å². The van der Waals surface area contributed by atoms with Gasteiger partial charge in [-0.3, -0.25) is 4.79 Å². The zero-order chi connectivity index (χ0) is 13.9. The molecule has 2 aromatic heterocycles. The largest absolute Gasteiger partial charge is 0.481 e. The third-order valence-corrected chi connectivity index (χ3v) is 6.04. The average molecular weight is 327 g/mol. The van der Waals surface area contributed by atoms with Crippen molar-refractivity contribution in [1.29, 1.82) is 0 Å². The fraction of sp³-hybridized carbons (Fsp3) is 0.417. The van der Waals surface area contributed by atoms with Gasteiger partial charge in [0.15, 0.2) is 4.34 Å². The predicted molar refractivity (Wildman–Crippen MR) is 81.9 cm³/mol. The van der Waals surface area contributed by atoms with Crippen LogP contribution in [-0.4, -0.2) is 27.0 Å². The quantitative estimate of drug-likeness (QED) is 0.821. The summed E-state index contributed by atoms with van der Waals surface area (Å²) in [4.78, 5) is 12.0. The number of carboxylic acids is 1. The second-order valence-electron chi connectivity index (χ2n) is 4.44. The molecule has 20 heavy (non-hydrogen) atoms. The Labute approximate surface area is 128 Å². The molecule has 0 bridgehead atoms. The van der Waals surface area contributed by atoms with Gasteiger partial charge in [-0.05, 0) is 36.3 Å². The molecular formula is C12H13N3O2S3. The SMILES string of the molecule is O=C(O)CSc1nnc(NC2CCCc3sccc32)s1. The van der Waals surface area contributed by atoms with Crippen molar-refractivity contribution in [2.45, 2.75) is 29.6 Å². The maximum absolute atomic E-state index is 10.5. The summed E-state index contributed by atoms with van der Waals surface area (Å²) in [5.41, 5.74) is 1.37. The van der Waals surface area contributed by atoms with E-state index in [-0.39, 0.29) is 5.75 Å². The van der Waals surface area contributed by atoms with E-state index in [1.807, 2.05) is 11.3 Å². The lowest BCUT2D eigenvalue weighted by molar-refractivity contribution is -0.133. The molecule has 0 saturated carbocycles. The first-order valence-electron chi connectivity index (χ1n) is 6.23. The number of carboxylic acid groups (broad SMARTS) is 1. The van der Waals surface area contributed by atoms with Gasteiger partial charge in [0, 0.05) is 4.88 Å². The van der Waals surface area contributed by atoms with Crippen LogP contribution in [0.5, 0.6) is 0 Å². The number of thiophene rings is 1. The molecule has 0 amide bonds. The van der Waals surface area contributed by atoms with Gasteiger partial charge < -0.3 is 10.4 Å². The van der Waals surface area contributed by atoms with Gasteiger partial charge >= 0.3 is 5.97 Å². The number of aromatic nitrogens is 2. The van der Waals surface area contributed by atoms with Crippen molar-refractivity contribution in [3.63, 3.8) is 0 Å². The lowest BCUT2D eigenvalue weighted by Crippen LogP contribution is -2.15. The van der Waals surface area contributed by atoms with E-state index in [1.54, 1.807) is 0 Å². The van der Waals surface area contributed by atoms with Crippen LogP contribution in [0.3, 0.4) is 0 Å². The number of hydrogen-bond donors (Lipinski definition) is 2. The van der Waals surface area contributed by atoms with Crippen LogP contribution < -0.4 is 5.32 Å². The standard InChI is InChI=1S/C12H13N3O2S3/c16-10(17)6-19-12-15-14-11(20-12)13-8-2-1-3-9-7(8)4-5-18-9/h4-5,8H,1-3,6H2,(H,13,14)(H,16,17). The van der Waals surface area contributed by atoms with E-state index in [9.17, 15) is 4.79 Å². The molecular weight excluding hydrogens is 314 g/mol. The first-order chi connectivity index (χ1) is 9.72. The third kappa shape index (κ3) is 3.13. The van der Waals surface area contributed by atoms with Crippen LogP contribution in [0, 0.1) is 0 Å². The summed E-state index contributed by atoms with van der Waals surface area (Å²) >= 11 is 4.44. The van der Waals surface area contributed by atoms with Gasteiger partial charge in [-0.2, -0.15) is 0 Å². The minimum atomic E-state index is -0.838. The fourth-order valence-corrected chi connectivity index (χ4v) is 4.75. The second kappa shape index (κ2) is 6.11. The number of rotatable bonds is 5. The highest BCUT2D eigenvalue weighted by Crippen LogP contribution is 2.36. The van der Waals surface area contributed by atoms with Crippen LogP contribution in [0.25, 0.3) is 0 Å². The topological polar surface area (TPSA) is 75.1 Å². The molecule has 0 fully saturated rings. The van der Waals surface area contributed by atoms with Gasteiger partial charge in [-0.1, -0.05) is 23.1 Å². The zero-order valence-corrected chi connectivity index (χ0v) is 13.0. The molecule has 1 unspecified atom stereocenters. The molecule has 1 aliphatic rings. The summed E-state index contributed by atoms with van der Waals surface area (Å²) in [6, 6.07) is 2.48. The molecule has 3 rings (SSSR count). The number of anilines is 1. The number of carbonyl (C=O) groups is 1. The van der Waals surface area contributed by atoms with Crippen LogP contribution in [0.4, 0.5) is 5.13 Å². The number of aliphatic carboxylic acids is 1. The molecule has 2 N–H and O–H groups in total. The van der Waals surface area contributed by atoms with E-state index >= 15 is 0 Å². The highest BCUT2D eigenvalue weighted by Gasteiger charge is 2.22. The first kappa shape index (κ1) is 13.8. The van der Waals surface area contributed by atoms with E-state index in [2.05, 4.69) is 27.0 Å². The fourth-order valence-electron chi connectivity index (χ4n) is 2.24. The minimum absolute atomic E-state index is 0.0206. The smallest absolute Gasteiger partial charge is 0.313 e. The lowest BCUT2D eigenvalue weighted by Gasteiger charge is -2.22. The first-order valence-corrected chi connectivity index (χ1v) is 8.91. The Morgan fingerprint density at radius 2 is 2.45 bits per heavy atom. The Bertz CT molecular complexity index is 611. The third-order valence-electron chi connectivity index (χ3n) is 3.08. The van der Waals surface area contributed by atoms with Gasteiger partial charge in [-0.25, -0.2) is 0 Å². The van der Waals surface area contributed by atoms with Gasteiger partial charge in [0.05, 0.1) is 11.8 Å². The van der Waals surface area contributed by atoms with Gasteiger partial charge in [-0.15, -0.1) is 21.5 Å². The Kier molecular flexibility index (Phi) is 4.23. The summed E-state index contributed by atoms with van der Waals surface area (Å²) < 4.78 is 0.691. The second-order valence-corrected chi connectivity index (χ2v) is 7.64. The number of nitrogens with zero attached hydrogens (tertiary/aromatic N) is 2. The van der Waals surface area contributed by atoms with Crippen LogP contribution in [-0.2, 0) is 11.2 Å². The molecule has 0 aromatic carbocycles. The number of fused-ring (bicyclic) bond motifs is 1. The lowest BCUT2D eigenvalue weighted by atomic mass is 9.94. The van der Waals surface area contributed by atoms with E-state index in [0.29, 0.717) is 10.4 Å². The number of hydrogen-bond acceptors (Lipinski definition) is 7. The number of aryl methyl sites for hydroxylation is 1. The molecule has 1 aliphatic carbocycles. The summed E-state index contributed by atoms with van der Waals surface area (Å²) in [5, 5.41) is 23.1. The molecule has 2 heterocycles. The highest BCUT2D eigenvalue weighted by atomic mass is 32.2. The van der Waals surface area contributed by atoms with Crippen LogP contribution in [0.1, 0.15) is 29.3 Å². The van der Waals surface area contributed by atoms with Crippen molar-refractivity contribution in [2.24, 2.45) is 0 Å². The average Bonchev–Trinajstić information content (AvgIpc) is 3.05. The van der Waals surface area contributed by atoms with Gasteiger partial charge in [0.25, 0.3) is 0 Å². The monoisotopic (exact) mass is 327 g/mol. The van der Waals surface area contributed by atoms with E-state index < -0.39 is 5.97 Å².